The highest BCUT2D eigenvalue weighted by Gasteiger charge is 2.18. The van der Waals surface area contributed by atoms with E-state index in [9.17, 15) is 4.91 Å². The van der Waals surface area contributed by atoms with Gasteiger partial charge in [0.2, 0.25) is 11.9 Å². The smallest absolute Gasteiger partial charge is 0.265 e. The molecular weight excluding hydrogens is 186 g/mol. The molecule has 0 fully saturated rings. The van der Waals surface area contributed by atoms with Crippen LogP contribution in [0.3, 0.4) is 0 Å². The third-order valence-electron chi connectivity index (χ3n) is 1.58. The summed E-state index contributed by atoms with van der Waals surface area (Å²) in [5, 5.41) is 0.874. The predicted octanol–water partition coefficient (Wildman–Crippen LogP) is 0.260. The van der Waals surface area contributed by atoms with Crippen LogP contribution in [0.1, 0.15) is 0 Å². The minimum Gasteiger partial charge on any atom is -0.455 e. The Morgan fingerprint density at radius 2 is 2.42 bits per heavy atom. The highest BCUT2D eigenvalue weighted by molar-refractivity contribution is 6.58. The van der Waals surface area contributed by atoms with Crippen LogP contribution in [-0.4, -0.2) is 30.1 Å². The summed E-state index contributed by atoms with van der Waals surface area (Å²) in [6, 6.07) is 0. The number of nitroso groups, excluding NO2 is 1. The highest BCUT2D eigenvalue weighted by atomic mass is 28.3. The molecule has 1 aliphatic heterocycles. The van der Waals surface area contributed by atoms with E-state index in [0.717, 1.165) is 10.1 Å². The van der Waals surface area contributed by atoms with Crippen molar-refractivity contribution in [2.45, 2.75) is 13.1 Å². The maximum Gasteiger partial charge on any atom is 0.265 e. The Balaban J connectivity index is 2.45. The standard InChI is InChI=1S/C7H14NO2Si2/c1-12(2)10-11-7-5-3-4-6-8(7)9/h3-5,12H,6,11H2,1-2H3/q+1. The molecule has 0 bridgehead atoms. The highest BCUT2D eigenvalue weighted by Crippen LogP contribution is 2.02. The molecule has 1 aliphatic rings. The van der Waals surface area contributed by atoms with Crippen LogP contribution >= 0.6 is 0 Å². The van der Waals surface area contributed by atoms with Gasteiger partial charge in [-0.25, -0.2) is 0 Å². The number of hydrogen-bond donors (Lipinski definition) is 0. The molecule has 0 amide bonds. The first-order valence-electron chi connectivity index (χ1n) is 4.12. The van der Waals surface area contributed by atoms with E-state index in [1.54, 1.807) is 0 Å². The SMILES string of the molecule is C[SiH](C)O[SiH2]C1=CC=CC[N+]1=O. The summed E-state index contributed by atoms with van der Waals surface area (Å²) in [5.74, 6) is 0. The van der Waals surface area contributed by atoms with Crippen LogP contribution in [0.2, 0.25) is 13.1 Å². The average molecular weight is 200 g/mol. The number of rotatable bonds is 3. The molecule has 0 radical (unpaired) electrons. The molecule has 3 nitrogen and oxygen atoms in total. The normalized spacial score (nSPS) is 17.9. The summed E-state index contributed by atoms with van der Waals surface area (Å²) < 4.78 is 6.62. The van der Waals surface area contributed by atoms with E-state index in [2.05, 4.69) is 13.1 Å². The van der Waals surface area contributed by atoms with E-state index >= 15 is 0 Å². The average Bonchev–Trinajstić information content (AvgIpc) is 2.03. The first kappa shape index (κ1) is 9.56. The van der Waals surface area contributed by atoms with Gasteiger partial charge in [-0.1, -0.05) is 6.08 Å². The molecule has 0 N–H and O–H groups in total. The van der Waals surface area contributed by atoms with E-state index < -0.39 is 18.8 Å². The van der Waals surface area contributed by atoms with Gasteiger partial charge >= 0.3 is 0 Å². The number of allylic oxidation sites excluding steroid dienone is 2. The fourth-order valence-corrected chi connectivity index (χ4v) is 3.43. The van der Waals surface area contributed by atoms with Crippen LogP contribution in [0.15, 0.2) is 23.5 Å². The second-order valence-corrected chi connectivity index (χ2v) is 7.45. The Kier molecular flexibility index (Phi) is 3.58. The summed E-state index contributed by atoms with van der Waals surface area (Å²) in [4.78, 5) is 11.2. The minimum absolute atomic E-state index is 0.488. The molecule has 0 saturated heterocycles. The second-order valence-electron chi connectivity index (χ2n) is 3.01. The Bertz CT molecular complexity index is 236. The molecule has 0 saturated carbocycles. The van der Waals surface area contributed by atoms with E-state index in [1.165, 1.54) is 0 Å². The fourth-order valence-electron chi connectivity index (χ4n) is 0.908. The number of nitrogens with zero attached hydrogens (tertiary/aromatic N) is 1. The van der Waals surface area contributed by atoms with E-state index in [4.69, 9.17) is 4.12 Å². The van der Waals surface area contributed by atoms with E-state index in [0.29, 0.717) is 6.54 Å². The van der Waals surface area contributed by atoms with Gasteiger partial charge in [-0.15, -0.1) is 0 Å². The third kappa shape index (κ3) is 2.84. The molecule has 1 rings (SSSR count). The number of hydrogen-bond acceptors (Lipinski definition) is 2. The lowest BCUT2D eigenvalue weighted by Crippen LogP contribution is -2.21. The van der Waals surface area contributed by atoms with Crippen molar-refractivity contribution in [1.82, 2.24) is 0 Å². The quantitative estimate of drug-likeness (QED) is 0.483. The van der Waals surface area contributed by atoms with Crippen molar-refractivity contribution in [3.05, 3.63) is 28.5 Å². The Hall–Kier alpha value is -0.526. The molecular formula is C7H14NO2Si2+. The summed E-state index contributed by atoms with van der Waals surface area (Å²) in [5.41, 5.74) is 0. The largest absolute Gasteiger partial charge is 0.455 e. The zero-order valence-electron chi connectivity index (χ0n) is 7.49. The molecule has 0 aromatic heterocycles. The van der Waals surface area contributed by atoms with Crippen molar-refractivity contribution in [2.75, 3.05) is 6.54 Å². The Morgan fingerprint density at radius 1 is 1.67 bits per heavy atom. The van der Waals surface area contributed by atoms with Crippen LogP contribution in [0.4, 0.5) is 0 Å². The Morgan fingerprint density at radius 3 is 3.00 bits per heavy atom. The van der Waals surface area contributed by atoms with E-state index in [1.807, 2.05) is 18.2 Å². The molecule has 0 aliphatic carbocycles. The molecule has 66 valence electrons. The van der Waals surface area contributed by atoms with Gasteiger partial charge in [0.1, 0.15) is 0 Å². The second kappa shape index (κ2) is 4.49. The summed E-state index contributed by atoms with van der Waals surface area (Å²) in [6.07, 6.45) is 5.67. The van der Waals surface area contributed by atoms with Gasteiger partial charge in [0, 0.05) is 15.7 Å². The van der Waals surface area contributed by atoms with E-state index in [-0.39, 0.29) is 0 Å². The van der Waals surface area contributed by atoms with Gasteiger partial charge in [0.15, 0.2) is 9.04 Å². The van der Waals surface area contributed by atoms with Crippen LogP contribution < -0.4 is 0 Å². The van der Waals surface area contributed by atoms with Gasteiger partial charge in [0.05, 0.1) is 0 Å². The first-order valence-corrected chi connectivity index (χ1v) is 8.18. The van der Waals surface area contributed by atoms with Gasteiger partial charge in [-0.2, -0.15) is 0 Å². The summed E-state index contributed by atoms with van der Waals surface area (Å²) >= 11 is 0. The first-order chi connectivity index (χ1) is 5.70. The van der Waals surface area contributed by atoms with Gasteiger partial charge in [-0.05, 0) is 19.2 Å². The summed E-state index contributed by atoms with van der Waals surface area (Å²) in [7, 11) is -1.68. The van der Waals surface area contributed by atoms with Crippen molar-refractivity contribution in [3.63, 3.8) is 0 Å². The molecule has 0 spiro atoms. The maximum atomic E-state index is 11.2. The van der Waals surface area contributed by atoms with Crippen LogP contribution in [0.25, 0.3) is 0 Å². The molecule has 0 aromatic rings. The van der Waals surface area contributed by atoms with Crippen molar-refractivity contribution in [3.8, 4) is 0 Å². The minimum atomic E-state index is -0.938. The molecule has 0 atom stereocenters. The molecule has 1 heterocycles. The van der Waals surface area contributed by atoms with Gasteiger partial charge in [0.25, 0.3) is 9.76 Å². The fraction of sp³-hybridized carbons (Fsp3) is 0.429. The van der Waals surface area contributed by atoms with Crippen molar-refractivity contribution < 1.29 is 8.88 Å². The lowest BCUT2D eigenvalue weighted by Gasteiger charge is -2.04. The van der Waals surface area contributed by atoms with Crippen molar-refractivity contribution >= 4 is 18.8 Å². The lowest BCUT2D eigenvalue weighted by molar-refractivity contribution is -0.479. The summed E-state index contributed by atoms with van der Waals surface area (Å²) in [6.45, 7) is 4.74. The third-order valence-corrected chi connectivity index (χ3v) is 5.80. The topological polar surface area (TPSA) is 29.3 Å². The van der Waals surface area contributed by atoms with Crippen LogP contribution in [0, 0.1) is 4.91 Å². The van der Waals surface area contributed by atoms with Gasteiger partial charge in [-0.3, -0.25) is 0 Å². The van der Waals surface area contributed by atoms with Crippen molar-refractivity contribution in [2.24, 2.45) is 0 Å². The Labute approximate surface area is 76.4 Å². The molecule has 5 heteroatoms. The zero-order valence-corrected chi connectivity index (χ0v) is 10.1. The predicted molar refractivity (Wildman–Crippen MR) is 54.2 cm³/mol. The van der Waals surface area contributed by atoms with Crippen LogP contribution in [0.5, 0.6) is 0 Å². The molecule has 0 aromatic carbocycles. The molecule has 12 heavy (non-hydrogen) atoms. The monoisotopic (exact) mass is 200 g/mol. The van der Waals surface area contributed by atoms with Crippen molar-refractivity contribution in [1.29, 1.82) is 0 Å². The van der Waals surface area contributed by atoms with Gasteiger partial charge < -0.3 is 4.12 Å². The molecule has 0 unspecified atom stereocenters. The zero-order chi connectivity index (χ0) is 8.97. The maximum absolute atomic E-state index is 11.2. The van der Waals surface area contributed by atoms with Crippen LogP contribution in [-0.2, 0) is 4.12 Å². The lowest BCUT2D eigenvalue weighted by atomic mass is 10.4.